The van der Waals surface area contributed by atoms with Gasteiger partial charge >= 0.3 is 12.0 Å². The number of methoxy groups -OCH3 is 1. The van der Waals surface area contributed by atoms with Gasteiger partial charge in [0.1, 0.15) is 17.8 Å². The number of nitrogens with one attached hydrogen (secondary N) is 1. The molecule has 0 aromatic heterocycles. The van der Waals surface area contributed by atoms with Gasteiger partial charge in [-0.05, 0) is 36.5 Å². The van der Waals surface area contributed by atoms with Crippen molar-refractivity contribution in [3.63, 3.8) is 0 Å². The van der Waals surface area contributed by atoms with E-state index in [1.54, 1.807) is 7.11 Å². The van der Waals surface area contributed by atoms with Gasteiger partial charge < -0.3 is 14.8 Å². The molecule has 2 unspecified atom stereocenters. The van der Waals surface area contributed by atoms with Gasteiger partial charge in [0.05, 0.1) is 13.7 Å². The number of ether oxygens (including phenoxy) is 2. The number of amides is 3. The number of benzene rings is 1. The molecule has 0 bridgehead atoms. The number of imide groups is 1. The Morgan fingerprint density at radius 1 is 1.26 bits per heavy atom. The summed E-state index contributed by atoms with van der Waals surface area (Å²) < 4.78 is 10.3. The highest BCUT2D eigenvalue weighted by molar-refractivity contribution is 6.08. The van der Waals surface area contributed by atoms with E-state index in [0.717, 1.165) is 35.5 Å². The number of carbonyl (C=O) groups excluding carboxylic acids is 3. The van der Waals surface area contributed by atoms with Crippen molar-refractivity contribution in [2.24, 2.45) is 5.92 Å². The second-order valence-electron chi connectivity index (χ2n) is 7.26. The van der Waals surface area contributed by atoms with Gasteiger partial charge in [0.15, 0.2) is 0 Å². The largest absolute Gasteiger partial charge is 0.497 e. The first-order valence-electron chi connectivity index (χ1n) is 9.39. The predicted molar refractivity (Wildman–Crippen MR) is 98.3 cm³/mol. The molecule has 1 aliphatic carbocycles. The van der Waals surface area contributed by atoms with E-state index >= 15 is 0 Å². The quantitative estimate of drug-likeness (QED) is 0.610. The summed E-state index contributed by atoms with van der Waals surface area (Å²) in [4.78, 5) is 38.2. The lowest BCUT2D eigenvalue weighted by Crippen LogP contribution is -2.54. The van der Waals surface area contributed by atoms with Crippen LogP contribution in [0, 0.1) is 5.92 Å². The zero-order valence-electron chi connectivity index (χ0n) is 15.8. The molecule has 1 aromatic rings. The van der Waals surface area contributed by atoms with E-state index in [-0.39, 0.29) is 25.0 Å². The van der Waals surface area contributed by atoms with E-state index in [0.29, 0.717) is 12.8 Å². The molecule has 2 atom stereocenters. The van der Waals surface area contributed by atoms with Gasteiger partial charge in [-0.25, -0.2) is 4.79 Å². The lowest BCUT2D eigenvalue weighted by atomic mass is 9.73. The number of esters is 1. The van der Waals surface area contributed by atoms with Gasteiger partial charge in [0.2, 0.25) is 0 Å². The Morgan fingerprint density at radius 3 is 2.67 bits per heavy atom. The maximum atomic E-state index is 12.8. The summed E-state index contributed by atoms with van der Waals surface area (Å²) in [6.07, 6.45) is 4.03. The van der Waals surface area contributed by atoms with Crippen LogP contribution in [0.4, 0.5) is 4.79 Å². The minimum atomic E-state index is -0.849. The molecule has 2 aliphatic rings. The second kappa shape index (κ2) is 7.98. The van der Waals surface area contributed by atoms with Crippen molar-refractivity contribution in [2.45, 2.75) is 44.6 Å². The standard InChI is InChI=1S/C20H26N2O5/c1-14-5-3-4-11-20(14)18(24)22(19(25)21-20)13-17(23)27-12-10-15-6-8-16(26-2)9-7-15/h6-9,14H,3-5,10-13H2,1-2H3,(H,21,25). The van der Waals surface area contributed by atoms with Crippen LogP contribution in [-0.2, 0) is 20.7 Å². The Morgan fingerprint density at radius 2 is 2.00 bits per heavy atom. The minimum Gasteiger partial charge on any atom is -0.497 e. The predicted octanol–water partition coefficient (Wildman–Crippen LogP) is 2.28. The Labute approximate surface area is 159 Å². The molecule has 1 N–H and O–H groups in total. The summed E-state index contributed by atoms with van der Waals surface area (Å²) in [6.45, 7) is 1.83. The van der Waals surface area contributed by atoms with Crippen LogP contribution in [-0.4, -0.2) is 48.6 Å². The molecule has 7 heteroatoms. The third-order valence-electron chi connectivity index (χ3n) is 5.60. The third kappa shape index (κ3) is 3.91. The SMILES string of the molecule is COc1ccc(CCOC(=O)CN2C(=O)NC3(CCCCC3C)C2=O)cc1. The van der Waals surface area contributed by atoms with Crippen molar-refractivity contribution in [1.82, 2.24) is 10.2 Å². The molecule has 3 amide bonds. The van der Waals surface area contributed by atoms with Crippen LogP contribution in [0.3, 0.4) is 0 Å². The van der Waals surface area contributed by atoms with Crippen LogP contribution >= 0.6 is 0 Å². The Hall–Kier alpha value is -2.57. The Bertz CT molecular complexity index is 718. The number of nitrogens with zero attached hydrogens (tertiary/aromatic N) is 1. The molecule has 3 rings (SSSR count). The van der Waals surface area contributed by atoms with Crippen molar-refractivity contribution in [1.29, 1.82) is 0 Å². The van der Waals surface area contributed by atoms with E-state index in [9.17, 15) is 14.4 Å². The normalized spacial score (nSPS) is 24.8. The van der Waals surface area contributed by atoms with Gasteiger partial charge in [-0.15, -0.1) is 0 Å². The van der Waals surface area contributed by atoms with Crippen molar-refractivity contribution in [3.8, 4) is 5.75 Å². The first-order valence-corrected chi connectivity index (χ1v) is 9.39. The molecular weight excluding hydrogens is 348 g/mol. The molecule has 7 nitrogen and oxygen atoms in total. The number of rotatable bonds is 6. The van der Waals surface area contributed by atoms with Crippen LogP contribution < -0.4 is 10.1 Å². The van der Waals surface area contributed by atoms with E-state index in [1.165, 1.54) is 0 Å². The van der Waals surface area contributed by atoms with Crippen molar-refractivity contribution < 1.29 is 23.9 Å². The fourth-order valence-electron chi connectivity index (χ4n) is 3.89. The van der Waals surface area contributed by atoms with Crippen LogP contribution in [0.1, 0.15) is 38.2 Å². The molecule has 1 saturated heterocycles. The summed E-state index contributed by atoms with van der Waals surface area (Å²) in [7, 11) is 1.60. The van der Waals surface area contributed by atoms with Crippen LogP contribution in [0.2, 0.25) is 0 Å². The monoisotopic (exact) mass is 374 g/mol. The maximum Gasteiger partial charge on any atom is 0.326 e. The molecule has 1 aliphatic heterocycles. The highest BCUT2D eigenvalue weighted by Gasteiger charge is 2.55. The molecule has 1 heterocycles. The van der Waals surface area contributed by atoms with Crippen molar-refractivity contribution in [2.75, 3.05) is 20.3 Å². The number of carbonyl (C=O) groups is 3. The average Bonchev–Trinajstić information content (AvgIpc) is 2.90. The Balaban J connectivity index is 1.51. The zero-order chi connectivity index (χ0) is 19.4. The minimum absolute atomic E-state index is 0.0683. The zero-order valence-corrected chi connectivity index (χ0v) is 15.8. The first kappa shape index (κ1) is 19.2. The smallest absolute Gasteiger partial charge is 0.326 e. The lowest BCUT2D eigenvalue weighted by molar-refractivity contribution is -0.148. The molecule has 1 spiro atoms. The average molecular weight is 374 g/mol. The lowest BCUT2D eigenvalue weighted by Gasteiger charge is -2.36. The van der Waals surface area contributed by atoms with Gasteiger partial charge in [-0.2, -0.15) is 0 Å². The van der Waals surface area contributed by atoms with Crippen LogP contribution in [0.15, 0.2) is 24.3 Å². The number of hydrogen-bond acceptors (Lipinski definition) is 5. The summed E-state index contributed by atoms with van der Waals surface area (Å²) in [5, 5.41) is 2.83. The van der Waals surface area contributed by atoms with E-state index < -0.39 is 17.5 Å². The summed E-state index contributed by atoms with van der Waals surface area (Å²) in [5.74, 6) is -0.0432. The molecular formula is C20H26N2O5. The fourth-order valence-corrected chi connectivity index (χ4v) is 3.89. The first-order chi connectivity index (χ1) is 13.0. The summed E-state index contributed by atoms with van der Waals surface area (Å²) >= 11 is 0. The van der Waals surface area contributed by atoms with Crippen molar-refractivity contribution >= 4 is 17.9 Å². The van der Waals surface area contributed by atoms with E-state index in [1.807, 2.05) is 31.2 Å². The van der Waals surface area contributed by atoms with Gasteiger partial charge in [-0.3, -0.25) is 14.5 Å². The number of urea groups is 1. The topological polar surface area (TPSA) is 84.9 Å². The van der Waals surface area contributed by atoms with Gasteiger partial charge in [0.25, 0.3) is 5.91 Å². The molecule has 1 saturated carbocycles. The highest BCUT2D eigenvalue weighted by atomic mass is 16.5. The Kier molecular flexibility index (Phi) is 5.68. The van der Waals surface area contributed by atoms with Crippen molar-refractivity contribution in [3.05, 3.63) is 29.8 Å². The number of hydrogen-bond donors (Lipinski definition) is 1. The third-order valence-corrected chi connectivity index (χ3v) is 5.60. The van der Waals surface area contributed by atoms with Crippen LogP contribution in [0.25, 0.3) is 0 Å². The van der Waals surface area contributed by atoms with E-state index in [2.05, 4.69) is 5.32 Å². The molecule has 27 heavy (non-hydrogen) atoms. The van der Waals surface area contributed by atoms with Crippen LogP contribution in [0.5, 0.6) is 5.75 Å². The molecule has 0 radical (unpaired) electrons. The fraction of sp³-hybridized carbons (Fsp3) is 0.550. The van der Waals surface area contributed by atoms with E-state index in [4.69, 9.17) is 9.47 Å². The second-order valence-corrected chi connectivity index (χ2v) is 7.26. The highest BCUT2D eigenvalue weighted by Crippen LogP contribution is 2.38. The van der Waals surface area contributed by atoms with Gasteiger partial charge in [-0.1, -0.05) is 31.9 Å². The maximum absolute atomic E-state index is 12.8. The summed E-state index contributed by atoms with van der Waals surface area (Å²) in [5.41, 5.74) is 0.159. The van der Waals surface area contributed by atoms with Gasteiger partial charge in [0, 0.05) is 6.42 Å². The molecule has 146 valence electrons. The molecule has 1 aromatic carbocycles. The molecule has 2 fully saturated rings. The summed E-state index contributed by atoms with van der Waals surface area (Å²) in [6, 6.07) is 6.99.